The Morgan fingerprint density at radius 3 is 2.37 bits per heavy atom. The van der Waals surface area contributed by atoms with Crippen LogP contribution in [0.5, 0.6) is 11.5 Å². The van der Waals surface area contributed by atoms with Crippen LogP contribution in [0.25, 0.3) is 0 Å². The number of nitrogens with one attached hydrogen (secondary N) is 2. The highest BCUT2D eigenvalue weighted by molar-refractivity contribution is 14.0. The fourth-order valence-electron chi connectivity index (χ4n) is 2.74. The van der Waals surface area contributed by atoms with E-state index in [0.717, 1.165) is 43.5 Å². The summed E-state index contributed by atoms with van der Waals surface area (Å²) in [5.74, 6) is 2.24. The van der Waals surface area contributed by atoms with E-state index in [9.17, 15) is 0 Å². The summed E-state index contributed by atoms with van der Waals surface area (Å²) in [5, 5.41) is 6.62. The molecule has 0 aliphatic carbocycles. The van der Waals surface area contributed by atoms with Crippen molar-refractivity contribution in [2.45, 2.75) is 32.5 Å². The highest BCUT2D eigenvalue weighted by Gasteiger charge is 2.09. The van der Waals surface area contributed by atoms with Gasteiger partial charge in [0.25, 0.3) is 0 Å². The zero-order valence-electron chi connectivity index (χ0n) is 18.1. The maximum absolute atomic E-state index is 5.95. The number of benzene rings is 2. The van der Waals surface area contributed by atoms with Gasteiger partial charge in [-0.15, -0.1) is 24.0 Å². The zero-order chi connectivity index (χ0) is 20.7. The van der Waals surface area contributed by atoms with Gasteiger partial charge >= 0.3 is 0 Å². The van der Waals surface area contributed by atoms with Gasteiger partial charge in [-0.2, -0.15) is 0 Å². The van der Waals surface area contributed by atoms with E-state index in [1.165, 1.54) is 5.56 Å². The van der Waals surface area contributed by atoms with E-state index in [0.29, 0.717) is 13.2 Å². The molecule has 6 nitrogen and oxygen atoms in total. The number of ether oxygens (including phenoxy) is 3. The fourth-order valence-corrected chi connectivity index (χ4v) is 2.74. The van der Waals surface area contributed by atoms with Crippen LogP contribution >= 0.6 is 24.0 Å². The van der Waals surface area contributed by atoms with Crippen molar-refractivity contribution in [2.75, 3.05) is 33.9 Å². The molecule has 7 heteroatoms. The van der Waals surface area contributed by atoms with Crippen LogP contribution < -0.4 is 20.1 Å². The highest BCUT2D eigenvalue weighted by Crippen LogP contribution is 2.26. The first-order valence-electron chi connectivity index (χ1n) is 10.1. The number of halogens is 1. The van der Waals surface area contributed by atoms with E-state index < -0.39 is 0 Å². The Morgan fingerprint density at radius 1 is 0.967 bits per heavy atom. The lowest BCUT2D eigenvalue weighted by atomic mass is 10.2. The van der Waals surface area contributed by atoms with Crippen LogP contribution in [0.3, 0.4) is 0 Å². The number of aliphatic imine (C=N–C) groups is 1. The van der Waals surface area contributed by atoms with Crippen LogP contribution in [0.2, 0.25) is 0 Å². The van der Waals surface area contributed by atoms with Crippen LogP contribution in [0.1, 0.15) is 25.3 Å². The zero-order valence-corrected chi connectivity index (χ0v) is 20.4. The molecular weight excluding hydrogens is 493 g/mol. The van der Waals surface area contributed by atoms with Crippen LogP contribution in [-0.2, 0) is 11.3 Å². The van der Waals surface area contributed by atoms with Crippen LogP contribution in [0.4, 0.5) is 0 Å². The predicted octanol–water partition coefficient (Wildman–Crippen LogP) is 4.24. The minimum atomic E-state index is -0.0313. The second-order valence-corrected chi connectivity index (χ2v) is 6.70. The molecule has 0 aromatic heterocycles. The van der Waals surface area contributed by atoms with Gasteiger partial charge in [0.1, 0.15) is 6.10 Å². The average molecular weight is 527 g/mol. The number of para-hydroxylation sites is 2. The van der Waals surface area contributed by atoms with E-state index in [1.807, 2.05) is 49.4 Å². The molecule has 0 bridgehead atoms. The lowest BCUT2D eigenvalue weighted by molar-refractivity contribution is 0.117. The van der Waals surface area contributed by atoms with Crippen molar-refractivity contribution in [3.63, 3.8) is 0 Å². The van der Waals surface area contributed by atoms with Gasteiger partial charge in [0, 0.05) is 20.2 Å². The minimum Gasteiger partial charge on any atom is -0.493 e. The number of nitrogens with zero attached hydrogens (tertiary/aromatic N) is 1. The van der Waals surface area contributed by atoms with Crippen molar-refractivity contribution in [3.05, 3.63) is 60.2 Å². The summed E-state index contributed by atoms with van der Waals surface area (Å²) in [6.07, 6.45) is 1.99. The molecule has 0 aliphatic rings. The molecule has 2 aromatic rings. The standard InChI is InChI=1S/C23H33N3O3.HI/c1-19(29-22-14-8-7-13-21(22)27-3)17-26-23(24-2)25-15-9-10-16-28-18-20-11-5-4-6-12-20;/h4-8,11-14,19H,9-10,15-18H2,1-3H3,(H2,24,25,26);1H. The first kappa shape index (κ1) is 26.0. The van der Waals surface area contributed by atoms with Crippen LogP contribution in [0, 0.1) is 0 Å². The molecule has 0 amide bonds. The maximum atomic E-state index is 5.95. The fraction of sp³-hybridized carbons (Fsp3) is 0.435. The summed E-state index contributed by atoms with van der Waals surface area (Å²) in [7, 11) is 3.41. The summed E-state index contributed by atoms with van der Waals surface area (Å²) in [4.78, 5) is 4.26. The third-order valence-corrected chi connectivity index (χ3v) is 4.30. The molecule has 2 aromatic carbocycles. The van der Waals surface area contributed by atoms with E-state index in [4.69, 9.17) is 14.2 Å². The maximum Gasteiger partial charge on any atom is 0.191 e. The quantitative estimate of drug-likeness (QED) is 0.187. The molecule has 0 radical (unpaired) electrons. The topological polar surface area (TPSA) is 64.1 Å². The van der Waals surface area contributed by atoms with Gasteiger partial charge in [0.2, 0.25) is 0 Å². The molecule has 166 valence electrons. The molecule has 0 saturated heterocycles. The molecule has 30 heavy (non-hydrogen) atoms. The van der Waals surface area contributed by atoms with Crippen molar-refractivity contribution < 1.29 is 14.2 Å². The Kier molecular flexibility index (Phi) is 13.7. The molecule has 0 fully saturated rings. The van der Waals surface area contributed by atoms with Gasteiger partial charge < -0.3 is 24.8 Å². The van der Waals surface area contributed by atoms with Crippen molar-refractivity contribution in [1.29, 1.82) is 0 Å². The molecule has 0 spiro atoms. The summed E-state index contributed by atoms with van der Waals surface area (Å²) >= 11 is 0. The Morgan fingerprint density at radius 2 is 1.67 bits per heavy atom. The van der Waals surface area contributed by atoms with Crippen LogP contribution in [0.15, 0.2) is 59.6 Å². The molecule has 1 atom stereocenters. The first-order valence-corrected chi connectivity index (χ1v) is 10.1. The second-order valence-electron chi connectivity index (χ2n) is 6.70. The molecule has 0 aliphatic heterocycles. The number of hydrogen-bond donors (Lipinski definition) is 2. The molecular formula is C23H34IN3O3. The Bertz CT molecular complexity index is 729. The summed E-state index contributed by atoms with van der Waals surface area (Å²) in [6, 6.07) is 17.9. The average Bonchev–Trinajstić information content (AvgIpc) is 2.76. The van der Waals surface area contributed by atoms with E-state index >= 15 is 0 Å². The van der Waals surface area contributed by atoms with Gasteiger partial charge in [-0.05, 0) is 37.5 Å². The van der Waals surface area contributed by atoms with Crippen LogP contribution in [-0.4, -0.2) is 45.9 Å². The largest absolute Gasteiger partial charge is 0.493 e. The van der Waals surface area contributed by atoms with Crippen molar-refractivity contribution >= 4 is 29.9 Å². The van der Waals surface area contributed by atoms with Gasteiger partial charge in [-0.3, -0.25) is 4.99 Å². The SMILES string of the molecule is CN=C(NCCCCOCc1ccccc1)NCC(C)Oc1ccccc1OC.I. The van der Waals surface area contributed by atoms with E-state index in [-0.39, 0.29) is 30.1 Å². The van der Waals surface area contributed by atoms with Gasteiger partial charge in [0.15, 0.2) is 17.5 Å². The first-order chi connectivity index (χ1) is 14.2. The number of hydrogen-bond acceptors (Lipinski definition) is 4. The number of rotatable bonds is 12. The van der Waals surface area contributed by atoms with Gasteiger partial charge in [0.05, 0.1) is 20.3 Å². The molecule has 2 rings (SSSR count). The Labute approximate surface area is 197 Å². The lowest BCUT2D eigenvalue weighted by Crippen LogP contribution is -2.42. The smallest absolute Gasteiger partial charge is 0.191 e. The summed E-state index contributed by atoms with van der Waals surface area (Å²) in [6.45, 7) is 4.92. The van der Waals surface area contributed by atoms with Crippen molar-refractivity contribution in [1.82, 2.24) is 10.6 Å². The number of guanidine groups is 1. The molecule has 0 saturated carbocycles. The second kappa shape index (κ2) is 15.8. The summed E-state index contributed by atoms with van der Waals surface area (Å²) in [5.41, 5.74) is 1.21. The molecule has 0 heterocycles. The van der Waals surface area contributed by atoms with Crippen molar-refractivity contribution in [2.24, 2.45) is 4.99 Å². The normalized spacial score (nSPS) is 11.9. The number of unbranched alkanes of at least 4 members (excludes halogenated alkanes) is 1. The Hall–Kier alpha value is -2.00. The third-order valence-electron chi connectivity index (χ3n) is 4.30. The lowest BCUT2D eigenvalue weighted by Gasteiger charge is -2.19. The highest BCUT2D eigenvalue weighted by atomic mass is 127. The van der Waals surface area contributed by atoms with E-state index in [2.05, 4.69) is 27.8 Å². The molecule has 1 unspecified atom stereocenters. The molecule has 2 N–H and O–H groups in total. The monoisotopic (exact) mass is 527 g/mol. The predicted molar refractivity (Wildman–Crippen MR) is 133 cm³/mol. The van der Waals surface area contributed by atoms with Gasteiger partial charge in [-0.25, -0.2) is 0 Å². The van der Waals surface area contributed by atoms with Crippen molar-refractivity contribution in [3.8, 4) is 11.5 Å². The third kappa shape index (κ3) is 10.2. The van der Waals surface area contributed by atoms with Gasteiger partial charge in [-0.1, -0.05) is 42.5 Å². The number of methoxy groups -OCH3 is 1. The Balaban J connectivity index is 0.00000450. The minimum absolute atomic E-state index is 0. The van der Waals surface area contributed by atoms with E-state index in [1.54, 1.807) is 14.2 Å². The summed E-state index contributed by atoms with van der Waals surface area (Å²) < 4.78 is 17.0.